The molecule has 0 unspecified atom stereocenters. The van der Waals surface area contributed by atoms with E-state index in [9.17, 15) is 4.79 Å². The zero-order valence-electron chi connectivity index (χ0n) is 11.0. The molecule has 0 aromatic heterocycles. The van der Waals surface area contributed by atoms with E-state index in [0.29, 0.717) is 0 Å². The van der Waals surface area contributed by atoms with Gasteiger partial charge in [0.15, 0.2) is 0 Å². The molecule has 0 fully saturated rings. The Hall–Kier alpha value is -2.01. The Kier molecular flexibility index (Phi) is 4.63. The summed E-state index contributed by atoms with van der Waals surface area (Å²) in [5, 5.41) is 3.13. The summed E-state index contributed by atoms with van der Waals surface area (Å²) in [6.45, 7) is 0. The summed E-state index contributed by atoms with van der Waals surface area (Å²) in [5.41, 5.74) is 7.08. The summed E-state index contributed by atoms with van der Waals surface area (Å²) in [6.07, 6.45) is 0. The molecule has 0 heterocycles. The van der Waals surface area contributed by atoms with E-state index in [2.05, 4.69) is 21.2 Å². The number of nitrogens with one attached hydrogen (secondary N) is 1. The number of rotatable bonds is 5. The Labute approximate surface area is 126 Å². The second kappa shape index (κ2) is 6.43. The Balaban J connectivity index is 2.25. The number of hydrogen-bond acceptors (Lipinski definition) is 3. The maximum Gasteiger partial charge on any atom is 0.244 e. The third kappa shape index (κ3) is 3.30. The minimum absolute atomic E-state index is 0.428. The zero-order valence-corrected chi connectivity index (χ0v) is 12.6. The van der Waals surface area contributed by atoms with Crippen LogP contribution in [0, 0.1) is 0 Å². The lowest BCUT2D eigenvalue weighted by Gasteiger charge is -2.17. The average molecular weight is 335 g/mol. The number of hydrogen-bond donors (Lipinski definition) is 2. The Morgan fingerprint density at radius 3 is 2.50 bits per heavy atom. The van der Waals surface area contributed by atoms with E-state index in [4.69, 9.17) is 10.5 Å². The average Bonchev–Trinajstić information content (AvgIpc) is 2.45. The molecule has 0 radical (unpaired) electrons. The maximum absolute atomic E-state index is 11.6. The highest BCUT2D eigenvalue weighted by molar-refractivity contribution is 9.10. The van der Waals surface area contributed by atoms with Crippen molar-refractivity contribution in [3.63, 3.8) is 0 Å². The van der Waals surface area contributed by atoms with Gasteiger partial charge >= 0.3 is 0 Å². The van der Waals surface area contributed by atoms with Gasteiger partial charge in [-0.25, -0.2) is 0 Å². The third-order valence-corrected chi connectivity index (χ3v) is 3.50. The van der Waals surface area contributed by atoms with Gasteiger partial charge in [-0.05, 0) is 39.7 Å². The van der Waals surface area contributed by atoms with E-state index in [1.807, 2.05) is 48.5 Å². The molecule has 104 valence electrons. The van der Waals surface area contributed by atoms with Gasteiger partial charge in [0.2, 0.25) is 5.91 Å². The zero-order chi connectivity index (χ0) is 14.5. The van der Waals surface area contributed by atoms with Crippen molar-refractivity contribution in [3.05, 3.63) is 58.6 Å². The monoisotopic (exact) mass is 334 g/mol. The van der Waals surface area contributed by atoms with Crippen LogP contribution in [0.3, 0.4) is 0 Å². The smallest absolute Gasteiger partial charge is 0.244 e. The van der Waals surface area contributed by atoms with Crippen LogP contribution in [0.2, 0.25) is 0 Å². The van der Waals surface area contributed by atoms with E-state index in [0.717, 1.165) is 21.5 Å². The van der Waals surface area contributed by atoms with Gasteiger partial charge in [0.1, 0.15) is 11.8 Å². The molecule has 0 saturated heterocycles. The van der Waals surface area contributed by atoms with Gasteiger partial charge < -0.3 is 15.8 Å². The van der Waals surface area contributed by atoms with Crippen molar-refractivity contribution >= 4 is 27.5 Å². The van der Waals surface area contributed by atoms with E-state index in [1.165, 1.54) is 0 Å². The van der Waals surface area contributed by atoms with Crippen LogP contribution < -0.4 is 15.8 Å². The van der Waals surface area contributed by atoms with Crippen molar-refractivity contribution in [3.8, 4) is 5.75 Å². The number of nitrogens with two attached hydrogens (primary N) is 1. The van der Waals surface area contributed by atoms with Gasteiger partial charge in [-0.15, -0.1) is 0 Å². The second-order valence-electron chi connectivity index (χ2n) is 4.24. The highest BCUT2D eigenvalue weighted by atomic mass is 79.9. The number of carbonyl (C=O) groups is 1. The lowest BCUT2D eigenvalue weighted by atomic mass is 10.1. The first-order chi connectivity index (χ1) is 9.61. The minimum atomic E-state index is -0.573. The summed E-state index contributed by atoms with van der Waals surface area (Å²) in [4.78, 5) is 11.6. The fraction of sp³-hybridized carbons (Fsp3) is 0.133. The molecule has 0 aliphatic carbocycles. The Morgan fingerprint density at radius 1 is 1.25 bits per heavy atom. The maximum atomic E-state index is 11.6. The van der Waals surface area contributed by atoms with Crippen molar-refractivity contribution in [2.24, 2.45) is 5.73 Å². The second-order valence-corrected chi connectivity index (χ2v) is 5.09. The number of amides is 1. The molecule has 2 aromatic carbocycles. The van der Waals surface area contributed by atoms with Crippen LogP contribution in [-0.4, -0.2) is 13.0 Å². The summed E-state index contributed by atoms with van der Waals surface area (Å²) in [6, 6.07) is 14.3. The molecule has 20 heavy (non-hydrogen) atoms. The number of halogens is 1. The van der Waals surface area contributed by atoms with E-state index in [-0.39, 0.29) is 0 Å². The normalized spacial score (nSPS) is 11.7. The van der Waals surface area contributed by atoms with Gasteiger partial charge in [0.25, 0.3) is 0 Å². The number of carbonyl (C=O) groups excluding carboxylic acids is 1. The number of benzene rings is 2. The van der Waals surface area contributed by atoms with Crippen LogP contribution in [0.15, 0.2) is 53.0 Å². The number of anilines is 1. The van der Waals surface area contributed by atoms with E-state index in [1.54, 1.807) is 7.11 Å². The lowest BCUT2D eigenvalue weighted by Crippen LogP contribution is -2.27. The first kappa shape index (κ1) is 14.4. The summed E-state index contributed by atoms with van der Waals surface area (Å²) in [7, 11) is 1.60. The quantitative estimate of drug-likeness (QED) is 0.883. The molecule has 1 atom stereocenters. The van der Waals surface area contributed by atoms with Gasteiger partial charge in [0, 0.05) is 5.69 Å². The van der Waals surface area contributed by atoms with Crippen molar-refractivity contribution in [2.45, 2.75) is 6.04 Å². The van der Waals surface area contributed by atoms with Gasteiger partial charge in [0.05, 0.1) is 11.6 Å². The standard InChI is InChI=1S/C15H15BrN2O2/c1-20-13-8-7-11(9-12(13)16)18-14(15(17)19)10-5-3-2-4-6-10/h2-9,14,18H,1H3,(H2,17,19)/t14-/m1/s1. The summed E-state index contributed by atoms with van der Waals surface area (Å²) < 4.78 is 5.98. The SMILES string of the molecule is COc1ccc(N[C@@H](C(N)=O)c2ccccc2)cc1Br. The minimum Gasteiger partial charge on any atom is -0.496 e. The van der Waals surface area contributed by atoms with Crippen LogP contribution >= 0.6 is 15.9 Å². The van der Waals surface area contributed by atoms with Crippen LogP contribution in [0.4, 0.5) is 5.69 Å². The number of ether oxygens (including phenoxy) is 1. The first-order valence-electron chi connectivity index (χ1n) is 6.06. The molecule has 0 spiro atoms. The molecule has 1 amide bonds. The van der Waals surface area contributed by atoms with Gasteiger partial charge in [-0.1, -0.05) is 30.3 Å². The Morgan fingerprint density at radius 2 is 1.95 bits per heavy atom. The molecule has 0 aliphatic rings. The number of primary amides is 1. The van der Waals surface area contributed by atoms with Crippen molar-refractivity contribution < 1.29 is 9.53 Å². The molecule has 0 bridgehead atoms. The van der Waals surface area contributed by atoms with Gasteiger partial charge in [-0.2, -0.15) is 0 Å². The molecule has 0 aliphatic heterocycles. The van der Waals surface area contributed by atoms with Crippen molar-refractivity contribution in [1.82, 2.24) is 0 Å². The highest BCUT2D eigenvalue weighted by Gasteiger charge is 2.17. The molecule has 2 rings (SSSR count). The van der Waals surface area contributed by atoms with Crippen LogP contribution in [0.25, 0.3) is 0 Å². The predicted octanol–water partition coefficient (Wildman–Crippen LogP) is 3.10. The fourth-order valence-corrected chi connectivity index (χ4v) is 2.43. The number of methoxy groups -OCH3 is 1. The Bertz CT molecular complexity index is 602. The van der Waals surface area contributed by atoms with Crippen LogP contribution in [-0.2, 0) is 4.79 Å². The van der Waals surface area contributed by atoms with E-state index < -0.39 is 11.9 Å². The molecular weight excluding hydrogens is 320 g/mol. The molecule has 5 heteroatoms. The van der Waals surface area contributed by atoms with Crippen LogP contribution in [0.1, 0.15) is 11.6 Å². The lowest BCUT2D eigenvalue weighted by molar-refractivity contribution is -0.118. The third-order valence-electron chi connectivity index (χ3n) is 2.88. The fourth-order valence-electron chi connectivity index (χ4n) is 1.89. The first-order valence-corrected chi connectivity index (χ1v) is 6.85. The molecular formula is C15H15BrN2O2. The van der Waals surface area contributed by atoms with Crippen molar-refractivity contribution in [1.29, 1.82) is 0 Å². The van der Waals surface area contributed by atoms with Crippen LogP contribution in [0.5, 0.6) is 5.75 Å². The summed E-state index contributed by atoms with van der Waals surface area (Å²) in [5.74, 6) is 0.300. The predicted molar refractivity (Wildman–Crippen MR) is 82.7 cm³/mol. The summed E-state index contributed by atoms with van der Waals surface area (Å²) >= 11 is 3.41. The molecule has 3 N–H and O–H groups in total. The molecule has 0 saturated carbocycles. The highest BCUT2D eigenvalue weighted by Crippen LogP contribution is 2.29. The van der Waals surface area contributed by atoms with Gasteiger partial charge in [-0.3, -0.25) is 4.79 Å². The largest absolute Gasteiger partial charge is 0.496 e. The van der Waals surface area contributed by atoms with Crippen molar-refractivity contribution in [2.75, 3.05) is 12.4 Å². The molecule has 2 aromatic rings. The molecule has 4 nitrogen and oxygen atoms in total. The van der Waals surface area contributed by atoms with E-state index >= 15 is 0 Å². The topological polar surface area (TPSA) is 64.3 Å².